The molecule has 1 unspecified atom stereocenters. The van der Waals surface area contributed by atoms with Crippen molar-refractivity contribution in [3.63, 3.8) is 0 Å². The first-order valence-corrected chi connectivity index (χ1v) is 19.3. The highest BCUT2D eigenvalue weighted by atomic mass is 32.2. The van der Waals surface area contributed by atoms with Gasteiger partial charge in [-0.1, -0.05) is 60.6 Å². The molecule has 11 heteroatoms. The average Bonchev–Trinajstić information content (AvgIpc) is 3.16. The number of hydrogen-bond donors (Lipinski definition) is 0. The summed E-state index contributed by atoms with van der Waals surface area (Å²) in [5, 5.41) is 2.32. The summed E-state index contributed by atoms with van der Waals surface area (Å²) in [4.78, 5) is 24.2. The van der Waals surface area contributed by atoms with E-state index in [2.05, 4.69) is 39.0 Å². The molecule has 2 saturated heterocycles. The van der Waals surface area contributed by atoms with E-state index in [0.717, 1.165) is 96.3 Å². The molecule has 7 rings (SSSR count). The van der Waals surface area contributed by atoms with E-state index in [9.17, 15) is 18.0 Å². The standard InChI is InChI=1S/C41H47F3N4O3S/c1-30(51-37-16-14-31-10-3-4-11-33(31)34(37)29-47-18-7-2-8-19-47)40(49)50-27-26-46-24-22-45(23-25-46)20-9-21-48-35-12-5-6-13-38(35)52-39-17-15-32(28-36(39)48)41(42,43)44/h3-6,10-17,28,30H,2,7-9,18-27,29H2,1H3. The Morgan fingerprint density at radius 1 is 0.769 bits per heavy atom. The number of hydrogen-bond acceptors (Lipinski definition) is 8. The number of nitrogens with zero attached hydrogens (tertiary/aromatic N) is 4. The predicted octanol–water partition coefficient (Wildman–Crippen LogP) is 8.47. The number of benzene rings is 4. The predicted molar refractivity (Wildman–Crippen MR) is 201 cm³/mol. The zero-order valence-electron chi connectivity index (χ0n) is 29.7. The Morgan fingerprint density at radius 2 is 1.48 bits per heavy atom. The van der Waals surface area contributed by atoms with Crippen LogP contribution >= 0.6 is 11.8 Å². The van der Waals surface area contributed by atoms with E-state index in [-0.39, 0.29) is 5.97 Å². The van der Waals surface area contributed by atoms with Crippen LogP contribution in [0.3, 0.4) is 0 Å². The molecule has 3 aliphatic rings. The van der Waals surface area contributed by atoms with Crippen molar-refractivity contribution < 1.29 is 27.4 Å². The second-order valence-electron chi connectivity index (χ2n) is 14.0. The maximum absolute atomic E-state index is 13.6. The number of carbonyl (C=O) groups is 1. The summed E-state index contributed by atoms with van der Waals surface area (Å²) >= 11 is 1.52. The molecular weight excluding hydrogens is 686 g/mol. The van der Waals surface area contributed by atoms with Crippen molar-refractivity contribution in [2.24, 2.45) is 0 Å². The van der Waals surface area contributed by atoms with Crippen molar-refractivity contribution in [3.05, 3.63) is 90.0 Å². The van der Waals surface area contributed by atoms with Gasteiger partial charge in [-0.2, -0.15) is 13.2 Å². The highest BCUT2D eigenvalue weighted by Gasteiger charge is 2.33. The zero-order chi connectivity index (χ0) is 36.1. The largest absolute Gasteiger partial charge is 0.479 e. The Bertz CT molecular complexity index is 1840. The minimum atomic E-state index is -4.39. The van der Waals surface area contributed by atoms with Gasteiger partial charge in [0.05, 0.1) is 16.9 Å². The molecule has 2 fully saturated rings. The summed E-state index contributed by atoms with van der Waals surface area (Å²) in [6.07, 6.45) is -0.603. The number of piperazine rings is 1. The van der Waals surface area contributed by atoms with Crippen LogP contribution in [0.25, 0.3) is 10.8 Å². The zero-order valence-corrected chi connectivity index (χ0v) is 30.6. The summed E-state index contributed by atoms with van der Waals surface area (Å²) in [7, 11) is 0. The Morgan fingerprint density at radius 3 is 2.27 bits per heavy atom. The topological polar surface area (TPSA) is 48.5 Å². The number of alkyl halides is 3. The van der Waals surface area contributed by atoms with Gasteiger partial charge in [0.2, 0.25) is 0 Å². The molecule has 3 heterocycles. The fourth-order valence-corrected chi connectivity index (χ4v) is 8.57. The molecule has 0 radical (unpaired) electrons. The number of halogens is 3. The first kappa shape index (κ1) is 36.6. The molecule has 0 saturated carbocycles. The van der Waals surface area contributed by atoms with Gasteiger partial charge in [-0.15, -0.1) is 0 Å². The number of para-hydroxylation sites is 1. The molecule has 0 N–H and O–H groups in total. The van der Waals surface area contributed by atoms with Crippen LogP contribution in [-0.4, -0.2) is 92.3 Å². The van der Waals surface area contributed by atoms with Gasteiger partial charge in [0.15, 0.2) is 6.10 Å². The van der Waals surface area contributed by atoms with Gasteiger partial charge in [-0.05, 0) is 93.0 Å². The van der Waals surface area contributed by atoms with E-state index in [4.69, 9.17) is 9.47 Å². The van der Waals surface area contributed by atoms with E-state index in [0.29, 0.717) is 25.4 Å². The quantitative estimate of drug-likeness (QED) is 0.135. The van der Waals surface area contributed by atoms with E-state index in [1.54, 1.807) is 13.0 Å². The minimum absolute atomic E-state index is 0.302. The van der Waals surface area contributed by atoms with Gasteiger partial charge in [0.25, 0.3) is 0 Å². The Kier molecular flexibility index (Phi) is 11.6. The van der Waals surface area contributed by atoms with Crippen molar-refractivity contribution in [1.29, 1.82) is 0 Å². The molecule has 0 aliphatic carbocycles. The lowest BCUT2D eigenvalue weighted by atomic mass is 10.0. The van der Waals surface area contributed by atoms with Crippen LogP contribution in [0.2, 0.25) is 0 Å². The smallest absolute Gasteiger partial charge is 0.416 e. The second kappa shape index (κ2) is 16.5. The minimum Gasteiger partial charge on any atom is -0.479 e. The highest BCUT2D eigenvalue weighted by molar-refractivity contribution is 7.99. The molecule has 4 aromatic carbocycles. The van der Waals surface area contributed by atoms with Crippen molar-refractivity contribution in [1.82, 2.24) is 14.7 Å². The molecule has 52 heavy (non-hydrogen) atoms. The first-order chi connectivity index (χ1) is 25.2. The number of carbonyl (C=O) groups excluding carboxylic acids is 1. The molecule has 7 nitrogen and oxygen atoms in total. The van der Waals surface area contributed by atoms with Gasteiger partial charge in [0, 0.05) is 61.2 Å². The highest BCUT2D eigenvalue weighted by Crippen LogP contribution is 2.49. The van der Waals surface area contributed by atoms with Crippen LogP contribution in [-0.2, 0) is 22.3 Å². The number of esters is 1. The maximum atomic E-state index is 13.6. The third-order valence-corrected chi connectivity index (χ3v) is 11.5. The fourth-order valence-electron chi connectivity index (χ4n) is 7.50. The van der Waals surface area contributed by atoms with Crippen molar-refractivity contribution >= 4 is 39.9 Å². The van der Waals surface area contributed by atoms with Gasteiger partial charge in [-0.3, -0.25) is 9.80 Å². The lowest BCUT2D eigenvalue weighted by Gasteiger charge is -2.36. The SMILES string of the molecule is CC(Oc1ccc2ccccc2c1CN1CCCCC1)C(=O)OCCN1CCN(CCCN2c3ccccc3Sc3ccc(C(F)(F)F)cc32)CC1. The van der Waals surface area contributed by atoms with Crippen LogP contribution in [0.1, 0.15) is 43.7 Å². The molecule has 1 atom stereocenters. The molecule has 0 amide bonds. The fraction of sp³-hybridized carbons (Fsp3) is 0.439. The molecular formula is C41H47F3N4O3S. The molecule has 0 spiro atoms. The van der Waals surface area contributed by atoms with E-state index in [1.807, 2.05) is 41.3 Å². The lowest BCUT2D eigenvalue weighted by molar-refractivity contribution is -0.151. The second-order valence-corrected chi connectivity index (χ2v) is 15.1. The van der Waals surface area contributed by atoms with Crippen LogP contribution < -0.4 is 9.64 Å². The van der Waals surface area contributed by atoms with Gasteiger partial charge in [-0.25, -0.2) is 4.79 Å². The van der Waals surface area contributed by atoms with Gasteiger partial charge >= 0.3 is 12.1 Å². The molecule has 0 aromatic heterocycles. The summed E-state index contributed by atoms with van der Waals surface area (Å²) in [5.74, 6) is 0.376. The molecule has 3 aliphatic heterocycles. The number of likely N-dealkylation sites (tertiary alicyclic amines) is 1. The van der Waals surface area contributed by atoms with Gasteiger partial charge < -0.3 is 19.3 Å². The Balaban J connectivity index is 0.867. The van der Waals surface area contributed by atoms with E-state index >= 15 is 0 Å². The monoisotopic (exact) mass is 732 g/mol. The van der Waals surface area contributed by atoms with Crippen LogP contribution in [0.5, 0.6) is 5.75 Å². The van der Waals surface area contributed by atoms with Crippen molar-refractivity contribution in [3.8, 4) is 5.75 Å². The van der Waals surface area contributed by atoms with Gasteiger partial charge in [0.1, 0.15) is 12.4 Å². The van der Waals surface area contributed by atoms with Crippen molar-refractivity contribution in [2.45, 2.75) is 61.2 Å². The van der Waals surface area contributed by atoms with Crippen LogP contribution in [0.15, 0.2) is 88.7 Å². The summed E-state index contributed by atoms with van der Waals surface area (Å²) in [6.45, 7) is 10.6. The number of fused-ring (bicyclic) bond motifs is 3. The number of piperidine rings is 1. The number of anilines is 2. The van der Waals surface area contributed by atoms with E-state index < -0.39 is 17.8 Å². The third-order valence-electron chi connectivity index (χ3n) is 10.4. The van der Waals surface area contributed by atoms with E-state index in [1.165, 1.54) is 43.2 Å². The molecule has 276 valence electrons. The normalized spacial score (nSPS) is 17.8. The van der Waals surface area contributed by atoms with Crippen LogP contribution in [0, 0.1) is 0 Å². The number of rotatable bonds is 12. The lowest BCUT2D eigenvalue weighted by Crippen LogP contribution is -2.48. The number of ether oxygens (including phenoxy) is 2. The maximum Gasteiger partial charge on any atom is 0.416 e. The average molecular weight is 733 g/mol. The summed E-state index contributed by atoms with van der Waals surface area (Å²) in [5.41, 5.74) is 2.07. The third kappa shape index (κ3) is 8.71. The summed E-state index contributed by atoms with van der Waals surface area (Å²) < 4.78 is 52.8. The Labute approximate surface area is 308 Å². The van der Waals surface area contributed by atoms with Crippen molar-refractivity contribution in [2.75, 3.05) is 70.4 Å². The first-order valence-electron chi connectivity index (χ1n) is 18.5. The summed E-state index contributed by atoms with van der Waals surface area (Å²) in [6, 6.07) is 24.3. The molecule has 4 aromatic rings. The molecule has 0 bridgehead atoms. The van der Waals surface area contributed by atoms with Crippen LogP contribution in [0.4, 0.5) is 24.5 Å². The Hall–Kier alpha value is -3.77.